The maximum atomic E-state index is 12.7. The molecule has 3 aromatic rings. The van der Waals surface area contributed by atoms with E-state index in [1.165, 1.54) is 16.8 Å². The molecule has 156 valence electrons. The summed E-state index contributed by atoms with van der Waals surface area (Å²) in [5.41, 5.74) is 4.50. The Morgan fingerprint density at radius 2 is 1.87 bits per heavy atom. The van der Waals surface area contributed by atoms with Gasteiger partial charge in [0, 0.05) is 18.0 Å². The van der Waals surface area contributed by atoms with Crippen LogP contribution in [0.3, 0.4) is 0 Å². The van der Waals surface area contributed by atoms with E-state index in [1.807, 2.05) is 0 Å². The number of hydrogen-bond acceptors (Lipinski definition) is 5. The molecule has 0 radical (unpaired) electrons. The van der Waals surface area contributed by atoms with Gasteiger partial charge in [0.25, 0.3) is 17.4 Å². The van der Waals surface area contributed by atoms with Crippen LogP contribution in [-0.4, -0.2) is 21.6 Å². The second kappa shape index (κ2) is 9.69. The first-order valence-electron chi connectivity index (χ1n) is 9.84. The fourth-order valence-electron chi connectivity index (χ4n) is 2.99. The van der Waals surface area contributed by atoms with Crippen LogP contribution < -0.4 is 16.4 Å². The molecular formula is C22H24N4O4. The van der Waals surface area contributed by atoms with Crippen LogP contribution >= 0.6 is 0 Å². The maximum Gasteiger partial charge on any atom is 0.290 e. The zero-order chi connectivity index (χ0) is 21.5. The Labute approximate surface area is 173 Å². The molecule has 2 heterocycles. The zero-order valence-electron chi connectivity index (χ0n) is 17.0. The molecule has 2 aromatic heterocycles. The summed E-state index contributed by atoms with van der Waals surface area (Å²) in [5.74, 6) is 0.125. The molecule has 0 bridgehead atoms. The summed E-state index contributed by atoms with van der Waals surface area (Å²) >= 11 is 0. The normalized spacial score (nSPS) is 11.1. The standard InChI is InChI=1S/C22H24N4O4/c1-3-4-7-14-26-22(29)18-9-6-5-8-17(18)20(25-26)21(28)24-23-19(27)13-12-16-11-10-15(2)30-16/h5-6,8-13H,3-4,7,14H2,1-2H3,(H,23,27)(H,24,28)/b13-12+. The predicted octanol–water partition coefficient (Wildman–Crippen LogP) is 2.96. The van der Waals surface area contributed by atoms with Crippen molar-refractivity contribution in [2.45, 2.75) is 39.7 Å². The van der Waals surface area contributed by atoms with Gasteiger partial charge in [0.1, 0.15) is 11.5 Å². The van der Waals surface area contributed by atoms with E-state index in [2.05, 4.69) is 22.9 Å². The molecule has 0 unspecified atom stereocenters. The summed E-state index contributed by atoms with van der Waals surface area (Å²) in [6.07, 6.45) is 5.50. The van der Waals surface area contributed by atoms with E-state index in [9.17, 15) is 14.4 Å². The van der Waals surface area contributed by atoms with E-state index < -0.39 is 11.8 Å². The van der Waals surface area contributed by atoms with E-state index >= 15 is 0 Å². The summed E-state index contributed by atoms with van der Waals surface area (Å²) in [6, 6.07) is 10.3. The Morgan fingerprint density at radius 3 is 2.57 bits per heavy atom. The van der Waals surface area contributed by atoms with Gasteiger partial charge in [-0.15, -0.1) is 0 Å². The number of hydrogen-bond donors (Lipinski definition) is 2. The Kier molecular flexibility index (Phi) is 6.79. The van der Waals surface area contributed by atoms with Crippen molar-refractivity contribution >= 4 is 28.7 Å². The third-order valence-corrected chi connectivity index (χ3v) is 4.52. The second-order valence-corrected chi connectivity index (χ2v) is 6.85. The Bertz CT molecular complexity index is 1140. The third kappa shape index (κ3) is 5.02. The Morgan fingerprint density at radius 1 is 1.10 bits per heavy atom. The van der Waals surface area contributed by atoms with E-state index in [4.69, 9.17) is 4.42 Å². The van der Waals surface area contributed by atoms with Gasteiger partial charge in [-0.05, 0) is 37.6 Å². The molecule has 30 heavy (non-hydrogen) atoms. The van der Waals surface area contributed by atoms with Gasteiger partial charge >= 0.3 is 0 Å². The van der Waals surface area contributed by atoms with Gasteiger partial charge in [-0.3, -0.25) is 25.2 Å². The van der Waals surface area contributed by atoms with Crippen LogP contribution in [-0.2, 0) is 11.3 Å². The molecule has 0 fully saturated rings. The highest BCUT2D eigenvalue weighted by atomic mass is 16.3. The van der Waals surface area contributed by atoms with Crippen LogP contribution in [0.1, 0.15) is 48.2 Å². The molecule has 0 saturated heterocycles. The summed E-state index contributed by atoms with van der Waals surface area (Å²) in [6.45, 7) is 4.30. The number of nitrogens with zero attached hydrogens (tertiary/aromatic N) is 2. The SMILES string of the molecule is CCCCCn1nc(C(=O)NNC(=O)/C=C/c2ccc(C)o2)c2ccccc2c1=O. The number of carbonyl (C=O) groups excluding carboxylic acids is 2. The van der Waals surface area contributed by atoms with Crippen LogP contribution in [0, 0.1) is 6.92 Å². The van der Waals surface area contributed by atoms with E-state index in [1.54, 1.807) is 43.3 Å². The Hall–Kier alpha value is -3.68. The molecule has 0 aliphatic carbocycles. The van der Waals surface area contributed by atoms with Crippen molar-refractivity contribution in [3.63, 3.8) is 0 Å². The molecule has 0 aliphatic heterocycles. The van der Waals surface area contributed by atoms with Gasteiger partial charge in [0.15, 0.2) is 5.69 Å². The first-order valence-corrected chi connectivity index (χ1v) is 9.84. The molecule has 0 saturated carbocycles. The minimum Gasteiger partial charge on any atom is -0.462 e. The lowest BCUT2D eigenvalue weighted by Gasteiger charge is -2.11. The van der Waals surface area contributed by atoms with Gasteiger partial charge < -0.3 is 4.42 Å². The third-order valence-electron chi connectivity index (χ3n) is 4.52. The fourth-order valence-corrected chi connectivity index (χ4v) is 2.99. The van der Waals surface area contributed by atoms with E-state index in [0.29, 0.717) is 23.1 Å². The van der Waals surface area contributed by atoms with Crippen molar-refractivity contribution in [3.05, 3.63) is 70.0 Å². The van der Waals surface area contributed by atoms with Gasteiger partial charge in [0.2, 0.25) is 0 Å². The summed E-state index contributed by atoms with van der Waals surface area (Å²) in [4.78, 5) is 37.3. The monoisotopic (exact) mass is 408 g/mol. The average Bonchev–Trinajstić information content (AvgIpc) is 3.17. The largest absolute Gasteiger partial charge is 0.462 e. The molecule has 8 nitrogen and oxygen atoms in total. The number of carbonyl (C=O) groups is 2. The zero-order valence-corrected chi connectivity index (χ0v) is 17.0. The number of furan rings is 1. The molecule has 0 atom stereocenters. The molecule has 2 amide bonds. The molecule has 2 N–H and O–H groups in total. The lowest BCUT2D eigenvalue weighted by atomic mass is 10.1. The number of fused-ring (bicyclic) bond motifs is 1. The van der Waals surface area contributed by atoms with Gasteiger partial charge in [-0.2, -0.15) is 5.10 Å². The topological polar surface area (TPSA) is 106 Å². The number of unbranched alkanes of at least 4 members (excludes halogenated alkanes) is 2. The van der Waals surface area contributed by atoms with Crippen molar-refractivity contribution in [1.29, 1.82) is 0 Å². The number of nitrogens with one attached hydrogen (secondary N) is 2. The first kappa shape index (κ1) is 21.0. The number of benzene rings is 1. The van der Waals surface area contributed by atoms with Crippen LogP contribution in [0.15, 0.2) is 51.7 Å². The lowest BCUT2D eigenvalue weighted by Crippen LogP contribution is -2.42. The summed E-state index contributed by atoms with van der Waals surface area (Å²) < 4.78 is 6.66. The average molecular weight is 408 g/mol. The smallest absolute Gasteiger partial charge is 0.290 e. The minimum absolute atomic E-state index is 0.0765. The second-order valence-electron chi connectivity index (χ2n) is 6.85. The summed E-state index contributed by atoms with van der Waals surface area (Å²) in [5, 5.41) is 5.10. The highest BCUT2D eigenvalue weighted by Gasteiger charge is 2.16. The minimum atomic E-state index is -0.606. The Balaban J connectivity index is 1.76. The van der Waals surface area contributed by atoms with Crippen molar-refractivity contribution in [1.82, 2.24) is 20.6 Å². The van der Waals surface area contributed by atoms with Crippen LogP contribution in [0.5, 0.6) is 0 Å². The molecular weight excluding hydrogens is 384 g/mol. The van der Waals surface area contributed by atoms with E-state index in [0.717, 1.165) is 25.0 Å². The van der Waals surface area contributed by atoms with Crippen LogP contribution in [0.25, 0.3) is 16.8 Å². The van der Waals surface area contributed by atoms with Gasteiger partial charge in [-0.25, -0.2) is 4.68 Å². The van der Waals surface area contributed by atoms with Crippen molar-refractivity contribution in [2.24, 2.45) is 0 Å². The predicted molar refractivity (Wildman–Crippen MR) is 114 cm³/mol. The molecule has 0 spiro atoms. The number of amides is 2. The highest BCUT2D eigenvalue weighted by molar-refractivity contribution is 6.05. The quantitative estimate of drug-likeness (QED) is 0.355. The molecule has 1 aromatic carbocycles. The lowest BCUT2D eigenvalue weighted by molar-refractivity contribution is -0.117. The van der Waals surface area contributed by atoms with Gasteiger partial charge in [-0.1, -0.05) is 38.0 Å². The van der Waals surface area contributed by atoms with E-state index in [-0.39, 0.29) is 11.3 Å². The van der Waals surface area contributed by atoms with Crippen molar-refractivity contribution in [2.75, 3.05) is 0 Å². The molecule has 0 aliphatic rings. The number of aryl methyl sites for hydroxylation is 2. The maximum absolute atomic E-state index is 12.7. The van der Waals surface area contributed by atoms with Crippen LogP contribution in [0.4, 0.5) is 0 Å². The fraction of sp³-hybridized carbons (Fsp3) is 0.273. The van der Waals surface area contributed by atoms with Crippen molar-refractivity contribution < 1.29 is 14.0 Å². The van der Waals surface area contributed by atoms with Gasteiger partial charge in [0.05, 0.1) is 5.39 Å². The molecule has 8 heteroatoms. The van der Waals surface area contributed by atoms with Crippen LogP contribution in [0.2, 0.25) is 0 Å². The first-order chi connectivity index (χ1) is 14.5. The number of rotatable bonds is 7. The molecule has 3 rings (SSSR count). The van der Waals surface area contributed by atoms with Crippen molar-refractivity contribution in [3.8, 4) is 0 Å². The number of aromatic nitrogens is 2. The highest BCUT2D eigenvalue weighted by Crippen LogP contribution is 2.13. The summed E-state index contributed by atoms with van der Waals surface area (Å²) in [7, 11) is 0. The number of hydrazine groups is 1.